The van der Waals surface area contributed by atoms with E-state index in [2.05, 4.69) is 35.9 Å². The van der Waals surface area contributed by atoms with Crippen LogP contribution in [-0.2, 0) is 9.53 Å². The minimum absolute atomic E-state index is 0.189. The average molecular weight is 297 g/mol. The van der Waals surface area contributed by atoms with E-state index >= 15 is 0 Å². The van der Waals surface area contributed by atoms with E-state index in [0.717, 1.165) is 52.1 Å². The lowest BCUT2D eigenvalue weighted by molar-refractivity contribution is -0.150. The summed E-state index contributed by atoms with van der Waals surface area (Å²) in [6, 6.07) is 0. The van der Waals surface area contributed by atoms with Gasteiger partial charge in [-0.2, -0.15) is 0 Å². The number of hydrogen-bond donors (Lipinski definition) is 1. The van der Waals surface area contributed by atoms with Gasteiger partial charge in [0.25, 0.3) is 0 Å². The zero-order chi connectivity index (χ0) is 15.5. The minimum Gasteiger partial charge on any atom is -0.384 e. The summed E-state index contributed by atoms with van der Waals surface area (Å²) in [6.45, 7) is 12.7. The van der Waals surface area contributed by atoms with E-state index < -0.39 is 0 Å². The zero-order valence-corrected chi connectivity index (χ0v) is 14.1. The van der Waals surface area contributed by atoms with Gasteiger partial charge in [-0.3, -0.25) is 9.69 Å². The first-order chi connectivity index (χ1) is 9.89. The van der Waals surface area contributed by atoms with Crippen LogP contribution in [0.3, 0.4) is 0 Å². The monoisotopic (exact) mass is 297 g/mol. The Balaban J connectivity index is 1.99. The Morgan fingerprint density at radius 2 is 1.71 bits per heavy atom. The van der Waals surface area contributed by atoms with Crippen molar-refractivity contribution in [2.24, 2.45) is 5.41 Å². The van der Waals surface area contributed by atoms with E-state index in [-0.39, 0.29) is 11.0 Å². The predicted octanol–water partition coefficient (Wildman–Crippen LogP) is 0.945. The zero-order valence-electron chi connectivity index (χ0n) is 14.1. The van der Waals surface area contributed by atoms with E-state index in [0.29, 0.717) is 12.5 Å². The number of piperazine rings is 1. The number of nitrogens with zero attached hydrogens (tertiary/aromatic N) is 2. The van der Waals surface area contributed by atoms with Gasteiger partial charge in [-0.25, -0.2) is 0 Å². The fraction of sp³-hybridized carbons (Fsp3) is 0.938. The molecule has 0 aromatic rings. The third-order valence-electron chi connectivity index (χ3n) is 4.95. The van der Waals surface area contributed by atoms with E-state index in [1.54, 1.807) is 7.11 Å². The highest BCUT2D eigenvalue weighted by Gasteiger charge is 2.43. The van der Waals surface area contributed by atoms with Gasteiger partial charge in [0.1, 0.15) is 0 Å². The van der Waals surface area contributed by atoms with E-state index in [1.165, 1.54) is 0 Å². The number of carbonyl (C=O) groups is 1. The molecule has 2 saturated heterocycles. The molecule has 0 bridgehead atoms. The predicted molar refractivity (Wildman–Crippen MR) is 84.3 cm³/mol. The van der Waals surface area contributed by atoms with Crippen LogP contribution in [0.15, 0.2) is 0 Å². The minimum atomic E-state index is -0.302. The Morgan fingerprint density at radius 3 is 2.19 bits per heavy atom. The summed E-state index contributed by atoms with van der Waals surface area (Å²) in [4.78, 5) is 17.5. The van der Waals surface area contributed by atoms with Crippen molar-refractivity contribution < 1.29 is 9.53 Å². The summed E-state index contributed by atoms with van der Waals surface area (Å²) in [5.74, 6) is 0.305. The lowest BCUT2D eigenvalue weighted by Crippen LogP contribution is -2.59. The Hall–Kier alpha value is -0.650. The SMILES string of the molecule is COCC1(C(=O)N2CCN(C(C)(C)C)CC2)CCNCC1. The number of rotatable bonds is 3. The molecule has 21 heavy (non-hydrogen) atoms. The molecule has 1 amide bonds. The van der Waals surface area contributed by atoms with Crippen LogP contribution < -0.4 is 5.32 Å². The molecule has 0 aromatic heterocycles. The van der Waals surface area contributed by atoms with Gasteiger partial charge in [0.05, 0.1) is 12.0 Å². The van der Waals surface area contributed by atoms with Crippen LogP contribution in [0, 0.1) is 5.41 Å². The van der Waals surface area contributed by atoms with Gasteiger partial charge in [0, 0.05) is 38.8 Å². The van der Waals surface area contributed by atoms with Gasteiger partial charge < -0.3 is 15.0 Å². The van der Waals surface area contributed by atoms with Crippen molar-refractivity contribution in [2.75, 3.05) is 53.0 Å². The average Bonchev–Trinajstić information content (AvgIpc) is 2.47. The summed E-state index contributed by atoms with van der Waals surface area (Å²) in [5.41, 5.74) is -0.113. The van der Waals surface area contributed by atoms with Crippen molar-refractivity contribution >= 4 is 5.91 Å². The molecule has 2 fully saturated rings. The molecule has 2 aliphatic heterocycles. The number of methoxy groups -OCH3 is 1. The number of carbonyl (C=O) groups excluding carboxylic acids is 1. The van der Waals surface area contributed by atoms with Gasteiger partial charge >= 0.3 is 0 Å². The summed E-state index contributed by atoms with van der Waals surface area (Å²) >= 11 is 0. The number of ether oxygens (including phenoxy) is 1. The van der Waals surface area contributed by atoms with Gasteiger partial charge in [-0.1, -0.05) is 0 Å². The van der Waals surface area contributed by atoms with E-state index in [1.807, 2.05) is 0 Å². The summed E-state index contributed by atoms with van der Waals surface area (Å²) in [5, 5.41) is 3.35. The van der Waals surface area contributed by atoms with Gasteiger partial charge in [-0.05, 0) is 46.7 Å². The van der Waals surface area contributed by atoms with Crippen LogP contribution >= 0.6 is 0 Å². The largest absolute Gasteiger partial charge is 0.384 e. The summed E-state index contributed by atoms with van der Waals surface area (Å²) in [6.07, 6.45) is 1.78. The molecule has 2 aliphatic rings. The number of piperidine rings is 1. The van der Waals surface area contributed by atoms with E-state index in [9.17, 15) is 4.79 Å². The van der Waals surface area contributed by atoms with Crippen LogP contribution in [-0.4, -0.2) is 74.2 Å². The third-order valence-corrected chi connectivity index (χ3v) is 4.95. The molecule has 5 nitrogen and oxygen atoms in total. The Morgan fingerprint density at radius 1 is 1.14 bits per heavy atom. The molecule has 0 spiro atoms. The van der Waals surface area contributed by atoms with Crippen molar-refractivity contribution in [3.8, 4) is 0 Å². The van der Waals surface area contributed by atoms with Crippen molar-refractivity contribution in [3.05, 3.63) is 0 Å². The normalized spacial score (nSPS) is 24.1. The number of nitrogens with one attached hydrogen (secondary N) is 1. The third kappa shape index (κ3) is 3.76. The lowest BCUT2D eigenvalue weighted by Gasteiger charge is -2.45. The molecule has 2 heterocycles. The van der Waals surface area contributed by atoms with Crippen molar-refractivity contribution in [3.63, 3.8) is 0 Å². The Labute approximate surface area is 129 Å². The molecule has 0 atom stereocenters. The quantitative estimate of drug-likeness (QED) is 0.842. The summed E-state index contributed by atoms with van der Waals surface area (Å²) in [7, 11) is 1.70. The molecule has 0 radical (unpaired) electrons. The maximum absolute atomic E-state index is 13.0. The Kier molecular flexibility index (Phi) is 5.28. The molecule has 1 N–H and O–H groups in total. The Bertz CT molecular complexity index is 346. The molecule has 5 heteroatoms. The molecular formula is C16H31N3O2. The second kappa shape index (κ2) is 6.63. The van der Waals surface area contributed by atoms with Crippen LogP contribution in [0.5, 0.6) is 0 Å². The first-order valence-corrected chi connectivity index (χ1v) is 8.13. The van der Waals surface area contributed by atoms with E-state index in [4.69, 9.17) is 4.74 Å². The standard InChI is InChI=1S/C16H31N3O2/c1-15(2,3)19-11-9-18(10-12-19)14(20)16(13-21-4)5-7-17-8-6-16/h17H,5-13H2,1-4H3. The highest BCUT2D eigenvalue weighted by molar-refractivity contribution is 5.83. The van der Waals surface area contributed by atoms with Crippen molar-refractivity contribution in [1.82, 2.24) is 15.1 Å². The molecule has 0 aliphatic carbocycles. The highest BCUT2D eigenvalue weighted by atomic mass is 16.5. The molecule has 2 rings (SSSR count). The molecule has 122 valence electrons. The molecule has 0 unspecified atom stereocenters. The van der Waals surface area contributed by atoms with Gasteiger partial charge in [-0.15, -0.1) is 0 Å². The fourth-order valence-corrected chi connectivity index (χ4v) is 3.52. The maximum Gasteiger partial charge on any atom is 0.231 e. The lowest BCUT2D eigenvalue weighted by atomic mass is 9.78. The first kappa shape index (κ1) is 16.7. The van der Waals surface area contributed by atoms with Gasteiger partial charge in [0.15, 0.2) is 0 Å². The van der Waals surface area contributed by atoms with Gasteiger partial charge in [0.2, 0.25) is 5.91 Å². The van der Waals surface area contributed by atoms with Crippen molar-refractivity contribution in [2.45, 2.75) is 39.2 Å². The first-order valence-electron chi connectivity index (χ1n) is 8.13. The van der Waals surface area contributed by atoms with Crippen LogP contribution in [0.25, 0.3) is 0 Å². The molecular weight excluding hydrogens is 266 g/mol. The fourth-order valence-electron chi connectivity index (χ4n) is 3.52. The smallest absolute Gasteiger partial charge is 0.231 e. The second-order valence-corrected chi connectivity index (χ2v) is 7.41. The topological polar surface area (TPSA) is 44.8 Å². The molecule has 0 saturated carbocycles. The highest BCUT2D eigenvalue weighted by Crippen LogP contribution is 2.32. The van der Waals surface area contributed by atoms with Crippen LogP contribution in [0.1, 0.15) is 33.6 Å². The van der Waals surface area contributed by atoms with Crippen LogP contribution in [0.4, 0.5) is 0 Å². The number of amides is 1. The summed E-state index contributed by atoms with van der Waals surface area (Å²) < 4.78 is 5.39. The van der Waals surface area contributed by atoms with Crippen molar-refractivity contribution in [1.29, 1.82) is 0 Å². The second-order valence-electron chi connectivity index (χ2n) is 7.41. The number of hydrogen-bond acceptors (Lipinski definition) is 4. The maximum atomic E-state index is 13.0. The molecule has 0 aromatic carbocycles. The van der Waals surface area contributed by atoms with Crippen LogP contribution in [0.2, 0.25) is 0 Å².